The summed E-state index contributed by atoms with van der Waals surface area (Å²) in [5.74, 6) is -1.40. The summed E-state index contributed by atoms with van der Waals surface area (Å²) in [6.45, 7) is 2.06. The Labute approximate surface area is 151 Å². The van der Waals surface area contributed by atoms with E-state index in [1.54, 1.807) is 24.3 Å². The van der Waals surface area contributed by atoms with E-state index in [9.17, 15) is 18.0 Å². The molecule has 1 aromatic carbocycles. The average Bonchev–Trinajstić information content (AvgIpc) is 2.60. The minimum absolute atomic E-state index is 0.0369. The van der Waals surface area contributed by atoms with Crippen molar-refractivity contribution in [2.24, 2.45) is 11.8 Å². The molecular formula is C19H17NO5S. The zero-order valence-electron chi connectivity index (χ0n) is 14.1. The zero-order valence-corrected chi connectivity index (χ0v) is 14.9. The normalized spacial score (nSPS) is 25.6. The van der Waals surface area contributed by atoms with Crippen molar-refractivity contribution < 1.29 is 22.3 Å². The first-order valence-corrected chi connectivity index (χ1v) is 9.70. The molecule has 1 aromatic rings. The summed E-state index contributed by atoms with van der Waals surface area (Å²) in [6.07, 6.45) is 6.37. The molecule has 0 saturated carbocycles. The van der Waals surface area contributed by atoms with E-state index in [-0.39, 0.29) is 29.6 Å². The van der Waals surface area contributed by atoms with Crippen LogP contribution in [-0.2, 0) is 24.0 Å². The number of hydroxylamine groups is 2. The molecular weight excluding hydrogens is 354 g/mol. The third kappa shape index (κ3) is 2.88. The first-order chi connectivity index (χ1) is 12.3. The van der Waals surface area contributed by atoms with E-state index in [0.29, 0.717) is 0 Å². The van der Waals surface area contributed by atoms with Crippen LogP contribution in [0.15, 0.2) is 64.6 Å². The highest BCUT2D eigenvalue weighted by Crippen LogP contribution is 2.38. The van der Waals surface area contributed by atoms with Gasteiger partial charge in [-0.2, -0.15) is 17.8 Å². The average molecular weight is 371 g/mol. The second-order valence-corrected chi connectivity index (χ2v) is 8.20. The van der Waals surface area contributed by atoms with Crippen molar-refractivity contribution in [3.63, 3.8) is 0 Å². The van der Waals surface area contributed by atoms with E-state index in [0.717, 1.165) is 16.7 Å². The van der Waals surface area contributed by atoms with Gasteiger partial charge in [-0.3, -0.25) is 9.59 Å². The number of aryl methyl sites for hydroxylation is 1. The van der Waals surface area contributed by atoms with Crippen LogP contribution in [0.2, 0.25) is 0 Å². The van der Waals surface area contributed by atoms with Gasteiger partial charge < -0.3 is 0 Å². The van der Waals surface area contributed by atoms with Crippen LogP contribution in [0.3, 0.4) is 0 Å². The fourth-order valence-electron chi connectivity index (χ4n) is 3.58. The fourth-order valence-corrected chi connectivity index (χ4v) is 4.54. The van der Waals surface area contributed by atoms with E-state index < -0.39 is 22.0 Å². The third-order valence-corrected chi connectivity index (χ3v) is 6.17. The van der Waals surface area contributed by atoms with Crippen molar-refractivity contribution in [1.82, 2.24) is 5.06 Å². The molecule has 2 unspecified atom stereocenters. The first-order valence-electron chi connectivity index (χ1n) is 8.29. The van der Waals surface area contributed by atoms with Crippen molar-refractivity contribution in [3.05, 3.63) is 65.3 Å². The van der Waals surface area contributed by atoms with Crippen LogP contribution in [0.25, 0.3) is 0 Å². The molecule has 0 bridgehead atoms. The van der Waals surface area contributed by atoms with Gasteiger partial charge in [0.05, 0.1) is 16.7 Å². The van der Waals surface area contributed by atoms with Crippen LogP contribution in [0.5, 0.6) is 0 Å². The lowest BCUT2D eigenvalue weighted by Gasteiger charge is -2.39. The molecule has 26 heavy (non-hydrogen) atoms. The molecule has 2 atom stereocenters. The molecule has 0 aromatic heterocycles. The SMILES string of the molecule is Cc1ccc(S(=O)(=O)ON2CC3C(=O)C=CC4=C3C(C2)C(=O)C=C4)cc1. The van der Waals surface area contributed by atoms with Gasteiger partial charge in [0.15, 0.2) is 11.6 Å². The Morgan fingerprint density at radius 2 is 1.46 bits per heavy atom. The number of carbonyl (C=O) groups is 2. The van der Waals surface area contributed by atoms with Gasteiger partial charge in [0.25, 0.3) is 0 Å². The highest BCUT2D eigenvalue weighted by Gasteiger charge is 2.43. The monoisotopic (exact) mass is 371 g/mol. The molecule has 0 radical (unpaired) electrons. The predicted octanol–water partition coefficient (Wildman–Crippen LogP) is 1.74. The van der Waals surface area contributed by atoms with Crippen molar-refractivity contribution in [1.29, 1.82) is 0 Å². The number of nitrogens with zero attached hydrogens (tertiary/aromatic N) is 1. The molecule has 1 aliphatic heterocycles. The number of benzene rings is 1. The molecule has 3 aliphatic rings. The van der Waals surface area contributed by atoms with Gasteiger partial charge in [0.2, 0.25) is 0 Å². The summed E-state index contributed by atoms with van der Waals surface area (Å²) in [5.41, 5.74) is 2.57. The standard InChI is InChI=1S/C19H17NO5S/c1-12-2-6-14(7-3-12)26(23,24)25-20-10-15-17(21)8-4-13-5-9-18(22)16(11-20)19(13)15/h2-9,15-16H,10-11H2,1H3. The summed E-state index contributed by atoms with van der Waals surface area (Å²) < 4.78 is 30.3. The lowest BCUT2D eigenvalue weighted by atomic mass is 9.72. The number of allylic oxidation sites excluding steroid dienone is 5. The van der Waals surface area contributed by atoms with Crippen LogP contribution in [-0.4, -0.2) is 38.1 Å². The highest BCUT2D eigenvalue weighted by molar-refractivity contribution is 7.86. The van der Waals surface area contributed by atoms with Gasteiger partial charge in [-0.05, 0) is 42.4 Å². The second-order valence-electron chi connectivity index (χ2n) is 6.68. The summed E-state index contributed by atoms with van der Waals surface area (Å²) in [6, 6.07) is 6.32. The van der Waals surface area contributed by atoms with E-state index >= 15 is 0 Å². The smallest absolute Gasteiger partial charge is 0.294 e. The van der Waals surface area contributed by atoms with Gasteiger partial charge in [0, 0.05) is 13.1 Å². The Morgan fingerprint density at radius 3 is 2.00 bits per heavy atom. The number of rotatable bonds is 3. The molecule has 0 spiro atoms. The first kappa shape index (κ1) is 17.1. The molecule has 6 nitrogen and oxygen atoms in total. The zero-order chi connectivity index (χ0) is 18.5. The number of piperidine rings is 1. The molecule has 1 heterocycles. The Kier molecular flexibility index (Phi) is 4.02. The lowest BCUT2D eigenvalue weighted by Crippen LogP contribution is -2.49. The van der Waals surface area contributed by atoms with Crippen molar-refractivity contribution in [2.45, 2.75) is 11.8 Å². The van der Waals surface area contributed by atoms with Crippen LogP contribution in [0, 0.1) is 18.8 Å². The van der Waals surface area contributed by atoms with Gasteiger partial charge >= 0.3 is 10.1 Å². The van der Waals surface area contributed by atoms with Crippen LogP contribution in [0.1, 0.15) is 5.56 Å². The molecule has 0 N–H and O–H groups in total. The maximum absolute atomic E-state index is 12.5. The van der Waals surface area contributed by atoms with Crippen molar-refractivity contribution in [3.8, 4) is 0 Å². The molecule has 134 valence electrons. The summed E-state index contributed by atoms with van der Waals surface area (Å²) >= 11 is 0. The van der Waals surface area contributed by atoms with E-state index in [4.69, 9.17) is 4.28 Å². The van der Waals surface area contributed by atoms with Crippen molar-refractivity contribution >= 4 is 21.7 Å². The molecule has 4 rings (SSSR count). The van der Waals surface area contributed by atoms with Gasteiger partial charge in [-0.15, -0.1) is 0 Å². The molecule has 2 aliphatic carbocycles. The van der Waals surface area contributed by atoms with E-state index in [2.05, 4.69) is 0 Å². The fraction of sp³-hybridized carbons (Fsp3) is 0.263. The number of ketones is 2. The largest absolute Gasteiger partial charge is 0.313 e. The predicted molar refractivity (Wildman–Crippen MR) is 93.3 cm³/mol. The highest BCUT2D eigenvalue weighted by atomic mass is 32.2. The minimum atomic E-state index is -4.03. The second kappa shape index (κ2) is 6.12. The Bertz CT molecular complexity index is 945. The topological polar surface area (TPSA) is 80.8 Å². The summed E-state index contributed by atoms with van der Waals surface area (Å²) in [5, 5.41) is 1.22. The Hall–Kier alpha value is -2.35. The molecule has 0 amide bonds. The van der Waals surface area contributed by atoms with Crippen LogP contribution in [0.4, 0.5) is 0 Å². The van der Waals surface area contributed by atoms with E-state index in [1.165, 1.54) is 29.3 Å². The van der Waals surface area contributed by atoms with E-state index in [1.807, 2.05) is 6.92 Å². The maximum Gasteiger partial charge on any atom is 0.313 e. The molecule has 7 heteroatoms. The van der Waals surface area contributed by atoms with Gasteiger partial charge in [-0.25, -0.2) is 0 Å². The molecule has 1 saturated heterocycles. The third-order valence-electron chi connectivity index (χ3n) is 4.91. The van der Waals surface area contributed by atoms with Crippen LogP contribution >= 0.6 is 0 Å². The Morgan fingerprint density at radius 1 is 0.923 bits per heavy atom. The van der Waals surface area contributed by atoms with Gasteiger partial charge in [-0.1, -0.05) is 29.8 Å². The Balaban J connectivity index is 1.62. The summed E-state index contributed by atoms with van der Waals surface area (Å²) in [4.78, 5) is 24.6. The quantitative estimate of drug-likeness (QED) is 0.805. The number of carbonyl (C=O) groups excluding carboxylic acids is 2. The summed E-state index contributed by atoms with van der Waals surface area (Å²) in [7, 11) is -4.03. The number of hydrogen-bond donors (Lipinski definition) is 0. The van der Waals surface area contributed by atoms with Gasteiger partial charge in [0.1, 0.15) is 0 Å². The minimum Gasteiger partial charge on any atom is -0.294 e. The lowest BCUT2D eigenvalue weighted by molar-refractivity contribution is -0.133. The van der Waals surface area contributed by atoms with Crippen LogP contribution < -0.4 is 0 Å². The van der Waals surface area contributed by atoms with Crippen molar-refractivity contribution in [2.75, 3.05) is 13.1 Å². The molecule has 1 fully saturated rings. The number of hydrogen-bond acceptors (Lipinski definition) is 6. The maximum atomic E-state index is 12.5.